The van der Waals surface area contributed by atoms with Gasteiger partial charge in [-0.3, -0.25) is 9.20 Å². The van der Waals surface area contributed by atoms with E-state index in [0.29, 0.717) is 22.5 Å². The van der Waals surface area contributed by atoms with Gasteiger partial charge in [0, 0.05) is 16.6 Å². The average Bonchev–Trinajstić information content (AvgIpc) is 3.32. The van der Waals surface area contributed by atoms with Crippen LogP contribution in [-0.2, 0) is 17.6 Å². The van der Waals surface area contributed by atoms with Crippen LogP contribution in [0.5, 0.6) is 5.75 Å². The number of hydrogen-bond donors (Lipinski definition) is 1. The van der Waals surface area contributed by atoms with Gasteiger partial charge < -0.3 is 10.1 Å². The van der Waals surface area contributed by atoms with Crippen LogP contribution in [0.1, 0.15) is 23.8 Å². The van der Waals surface area contributed by atoms with Crippen LogP contribution in [0.3, 0.4) is 0 Å². The van der Waals surface area contributed by atoms with Crippen LogP contribution in [0.4, 0.5) is 5.69 Å². The maximum Gasteiger partial charge on any atom is 0.234 e. The number of ether oxygens (including phenoxy) is 1. The van der Waals surface area contributed by atoms with Crippen LogP contribution in [0.2, 0.25) is 0 Å². The summed E-state index contributed by atoms with van der Waals surface area (Å²) in [6, 6.07) is 7.30. The monoisotopic (exact) mass is 439 g/mol. The molecule has 1 N–H and O–H groups in total. The van der Waals surface area contributed by atoms with Gasteiger partial charge in [0.25, 0.3) is 0 Å². The first kappa shape index (κ1) is 19.3. The molecule has 1 aromatic carbocycles. The van der Waals surface area contributed by atoms with Crippen LogP contribution in [-0.4, -0.2) is 38.4 Å². The third-order valence-corrected chi connectivity index (χ3v) is 7.46. The Morgan fingerprint density at radius 3 is 3.17 bits per heavy atom. The van der Waals surface area contributed by atoms with Crippen molar-refractivity contribution < 1.29 is 9.53 Å². The molecule has 5 rings (SSSR count). The number of thioether (sulfide) groups is 1. The molecule has 1 atom stereocenters. The molecule has 0 saturated carbocycles. The van der Waals surface area contributed by atoms with Gasteiger partial charge in [-0.25, -0.2) is 4.98 Å². The van der Waals surface area contributed by atoms with E-state index in [0.717, 1.165) is 28.7 Å². The van der Waals surface area contributed by atoms with E-state index < -0.39 is 0 Å². The molecule has 3 aromatic heterocycles. The third-order valence-electron chi connectivity index (χ3n) is 5.36. The second-order valence-corrected chi connectivity index (χ2v) is 9.55. The number of benzene rings is 1. The number of thiophene rings is 1. The van der Waals surface area contributed by atoms with Crippen LogP contribution in [0.15, 0.2) is 35.7 Å². The van der Waals surface area contributed by atoms with Gasteiger partial charge in [0.1, 0.15) is 16.9 Å². The summed E-state index contributed by atoms with van der Waals surface area (Å²) in [4.78, 5) is 19.5. The lowest BCUT2D eigenvalue weighted by Crippen LogP contribution is -2.14. The number of hydrogen-bond acceptors (Lipinski definition) is 7. The van der Waals surface area contributed by atoms with Gasteiger partial charge in [-0.2, -0.15) is 0 Å². The average molecular weight is 440 g/mol. The lowest BCUT2D eigenvalue weighted by Gasteiger charge is -2.17. The molecule has 0 saturated heterocycles. The van der Waals surface area contributed by atoms with Gasteiger partial charge in [0.2, 0.25) is 5.91 Å². The number of aryl methyl sites for hydroxylation is 1. The highest BCUT2D eigenvalue weighted by Gasteiger charge is 2.24. The zero-order valence-corrected chi connectivity index (χ0v) is 18.3. The van der Waals surface area contributed by atoms with Gasteiger partial charge in [-0.1, -0.05) is 24.8 Å². The van der Waals surface area contributed by atoms with Crippen LogP contribution in [0.25, 0.3) is 15.9 Å². The Hall–Kier alpha value is -2.65. The predicted molar refractivity (Wildman–Crippen MR) is 120 cm³/mol. The van der Waals surface area contributed by atoms with Crippen LogP contribution in [0, 0.1) is 5.92 Å². The summed E-state index contributed by atoms with van der Waals surface area (Å²) in [5.41, 5.74) is 2.92. The number of aromatic nitrogens is 4. The number of nitrogens with zero attached hydrogens (tertiary/aromatic N) is 4. The molecule has 0 spiro atoms. The van der Waals surface area contributed by atoms with Crippen molar-refractivity contribution in [2.24, 2.45) is 5.92 Å². The third kappa shape index (κ3) is 3.52. The molecule has 0 unspecified atom stereocenters. The Bertz CT molecular complexity index is 1250. The normalized spacial score (nSPS) is 16.0. The number of anilines is 1. The summed E-state index contributed by atoms with van der Waals surface area (Å²) in [5, 5.41) is 13.5. The molecule has 30 heavy (non-hydrogen) atoms. The standard InChI is InChI=1S/C21H21N5O2S2/c1-12-6-7-15-16(8-12)30-20-18(15)19-24-25-21(26(19)11-22-20)29-10-17(27)23-13-4-3-5-14(9-13)28-2/h3-5,9,11-12H,6-8,10H2,1-2H3,(H,23,27)/t12-/m0/s1. The number of carbonyl (C=O) groups excluding carboxylic acids is 1. The summed E-state index contributed by atoms with van der Waals surface area (Å²) in [6.07, 6.45) is 5.14. The maximum atomic E-state index is 12.4. The van der Waals surface area contributed by atoms with Crippen molar-refractivity contribution >= 4 is 50.6 Å². The van der Waals surface area contributed by atoms with Gasteiger partial charge in [-0.15, -0.1) is 21.5 Å². The number of fused-ring (bicyclic) bond motifs is 5. The zero-order chi connectivity index (χ0) is 20.7. The molecule has 1 aliphatic carbocycles. The van der Waals surface area contributed by atoms with Gasteiger partial charge in [-0.05, 0) is 42.9 Å². The van der Waals surface area contributed by atoms with E-state index >= 15 is 0 Å². The van der Waals surface area contributed by atoms with Crippen molar-refractivity contribution in [1.29, 1.82) is 0 Å². The fraction of sp³-hybridized carbons (Fsp3) is 0.333. The molecule has 154 valence electrons. The smallest absolute Gasteiger partial charge is 0.234 e. The number of rotatable bonds is 5. The van der Waals surface area contributed by atoms with Gasteiger partial charge >= 0.3 is 0 Å². The van der Waals surface area contributed by atoms with Crippen molar-refractivity contribution in [2.45, 2.75) is 31.3 Å². The van der Waals surface area contributed by atoms with E-state index in [1.165, 1.54) is 28.6 Å². The van der Waals surface area contributed by atoms with Crippen molar-refractivity contribution in [3.05, 3.63) is 41.0 Å². The van der Waals surface area contributed by atoms with Crippen molar-refractivity contribution in [2.75, 3.05) is 18.2 Å². The molecule has 7 nitrogen and oxygen atoms in total. The highest BCUT2D eigenvalue weighted by atomic mass is 32.2. The molecular formula is C21H21N5O2S2. The minimum absolute atomic E-state index is 0.110. The van der Waals surface area contributed by atoms with E-state index in [1.807, 2.05) is 22.6 Å². The van der Waals surface area contributed by atoms with Gasteiger partial charge in [0.05, 0.1) is 18.2 Å². The van der Waals surface area contributed by atoms with Crippen LogP contribution >= 0.6 is 23.1 Å². The molecule has 9 heteroatoms. The molecule has 0 radical (unpaired) electrons. The van der Waals surface area contributed by atoms with E-state index in [1.54, 1.807) is 30.8 Å². The summed E-state index contributed by atoms with van der Waals surface area (Å²) >= 11 is 3.13. The number of amides is 1. The topological polar surface area (TPSA) is 81.4 Å². The first-order valence-corrected chi connectivity index (χ1v) is 11.6. The van der Waals surface area contributed by atoms with Crippen LogP contribution < -0.4 is 10.1 Å². The van der Waals surface area contributed by atoms with Crippen molar-refractivity contribution in [3.8, 4) is 5.75 Å². The highest BCUT2D eigenvalue weighted by molar-refractivity contribution is 7.99. The molecular weight excluding hydrogens is 418 g/mol. The Morgan fingerprint density at radius 2 is 2.30 bits per heavy atom. The zero-order valence-electron chi connectivity index (χ0n) is 16.7. The lowest BCUT2D eigenvalue weighted by atomic mass is 9.89. The molecule has 1 aliphatic rings. The summed E-state index contributed by atoms with van der Waals surface area (Å²) in [5.74, 6) is 1.54. The molecule has 3 heterocycles. The van der Waals surface area contributed by atoms with E-state index in [2.05, 4.69) is 27.4 Å². The number of methoxy groups -OCH3 is 1. The largest absolute Gasteiger partial charge is 0.497 e. The Morgan fingerprint density at radius 1 is 1.40 bits per heavy atom. The molecule has 0 bridgehead atoms. The van der Waals surface area contributed by atoms with Crippen molar-refractivity contribution in [1.82, 2.24) is 19.6 Å². The van der Waals surface area contributed by atoms with Crippen molar-refractivity contribution in [3.63, 3.8) is 0 Å². The maximum absolute atomic E-state index is 12.4. The molecule has 4 aromatic rings. The SMILES string of the molecule is COc1cccc(NC(=O)CSc2nnc3c4c5c(sc4ncn23)C[C@@H](C)CC5)c1. The Kier molecular flexibility index (Phi) is 5.08. The summed E-state index contributed by atoms with van der Waals surface area (Å²) < 4.78 is 7.09. The predicted octanol–water partition coefficient (Wildman–Crippen LogP) is 4.20. The fourth-order valence-electron chi connectivity index (χ4n) is 3.85. The minimum Gasteiger partial charge on any atom is -0.497 e. The second kappa shape index (κ2) is 7.88. The number of nitrogens with one attached hydrogen (secondary N) is 1. The fourth-order valence-corrected chi connectivity index (χ4v) is 5.89. The summed E-state index contributed by atoms with van der Waals surface area (Å²) in [6.45, 7) is 2.30. The second-order valence-electron chi connectivity index (χ2n) is 7.52. The Labute approximate surface area is 181 Å². The quantitative estimate of drug-likeness (QED) is 0.469. The first-order chi connectivity index (χ1) is 14.6. The van der Waals surface area contributed by atoms with E-state index in [4.69, 9.17) is 4.74 Å². The highest BCUT2D eigenvalue weighted by Crippen LogP contribution is 2.39. The number of carbonyl (C=O) groups is 1. The minimum atomic E-state index is -0.110. The first-order valence-electron chi connectivity index (χ1n) is 9.83. The van der Waals surface area contributed by atoms with E-state index in [-0.39, 0.29) is 11.7 Å². The van der Waals surface area contributed by atoms with Gasteiger partial charge in [0.15, 0.2) is 10.8 Å². The molecule has 0 fully saturated rings. The molecule has 1 amide bonds. The van der Waals surface area contributed by atoms with E-state index in [9.17, 15) is 4.79 Å². The molecule has 0 aliphatic heterocycles. The summed E-state index contributed by atoms with van der Waals surface area (Å²) in [7, 11) is 1.60. The Balaban J connectivity index is 1.36. The lowest BCUT2D eigenvalue weighted by molar-refractivity contribution is -0.113.